The number of carbonyl (C=O) groups is 2. The van der Waals surface area contributed by atoms with E-state index in [0.717, 1.165) is 12.3 Å². The molecule has 2 heterocycles. The van der Waals surface area contributed by atoms with Crippen LogP contribution in [0.2, 0.25) is 15.1 Å². The normalized spacial score (nSPS) is 14.9. The van der Waals surface area contributed by atoms with Crippen molar-refractivity contribution >= 4 is 63.8 Å². The van der Waals surface area contributed by atoms with Crippen molar-refractivity contribution in [1.29, 1.82) is 0 Å². The molecule has 3 aromatic rings. The number of benzodiazepines with no additional fused rings is 1. The maximum atomic E-state index is 14.0. The van der Waals surface area contributed by atoms with E-state index in [1.165, 1.54) is 19.2 Å². The van der Waals surface area contributed by atoms with Gasteiger partial charge in [-0.05, 0) is 24.3 Å². The van der Waals surface area contributed by atoms with Crippen LogP contribution in [0.4, 0.5) is 15.9 Å². The van der Waals surface area contributed by atoms with Gasteiger partial charge in [-0.25, -0.2) is 14.4 Å². The molecule has 4 rings (SSSR count). The van der Waals surface area contributed by atoms with Gasteiger partial charge in [0.2, 0.25) is 6.17 Å². The minimum Gasteiger partial charge on any atom is -0.383 e. The van der Waals surface area contributed by atoms with E-state index in [4.69, 9.17) is 39.5 Å². The number of aromatic nitrogens is 1. The van der Waals surface area contributed by atoms with Gasteiger partial charge in [0.25, 0.3) is 11.8 Å². The van der Waals surface area contributed by atoms with Crippen LogP contribution in [0.3, 0.4) is 0 Å². The number of nitrogens with zero attached hydrogens (tertiary/aromatic N) is 2. The Morgan fingerprint density at radius 3 is 2.61 bits per heavy atom. The second-order valence-corrected chi connectivity index (χ2v) is 8.85. The van der Waals surface area contributed by atoms with Crippen LogP contribution in [0.1, 0.15) is 21.5 Å². The van der Waals surface area contributed by atoms with E-state index in [2.05, 4.69) is 25.9 Å². The van der Waals surface area contributed by atoms with E-state index >= 15 is 0 Å². The van der Waals surface area contributed by atoms with Gasteiger partial charge in [0.15, 0.2) is 0 Å². The maximum absolute atomic E-state index is 14.0. The summed E-state index contributed by atoms with van der Waals surface area (Å²) in [5.74, 6) is -2.00. The summed E-state index contributed by atoms with van der Waals surface area (Å²) in [5.41, 5.74) is 1.45. The van der Waals surface area contributed by atoms with Gasteiger partial charge in [-0.3, -0.25) is 9.59 Å². The van der Waals surface area contributed by atoms with E-state index in [-0.39, 0.29) is 27.1 Å². The van der Waals surface area contributed by atoms with Crippen LogP contribution in [0.25, 0.3) is 0 Å². The summed E-state index contributed by atoms with van der Waals surface area (Å²) in [4.78, 5) is 34.7. The molecule has 12 heteroatoms. The number of halogens is 4. The number of ether oxygens (including phenoxy) is 1. The molecular formula is C24H19Cl3FN5O3. The average molecular weight is 551 g/mol. The minimum atomic E-state index is -1.40. The molecule has 0 radical (unpaired) electrons. The number of fused-ring (bicyclic) bond motifs is 1. The van der Waals surface area contributed by atoms with Crippen LogP contribution >= 0.6 is 34.8 Å². The quantitative estimate of drug-likeness (QED) is 0.367. The predicted molar refractivity (Wildman–Crippen MR) is 138 cm³/mol. The molecule has 1 aliphatic heterocycles. The first kappa shape index (κ1) is 25.8. The lowest BCUT2D eigenvalue weighted by Crippen LogP contribution is -2.42. The molecule has 2 amide bonds. The van der Waals surface area contributed by atoms with Gasteiger partial charge < -0.3 is 20.7 Å². The van der Waals surface area contributed by atoms with Crippen molar-refractivity contribution < 1.29 is 18.7 Å². The van der Waals surface area contributed by atoms with Crippen LogP contribution < -0.4 is 16.0 Å². The number of amides is 2. The molecule has 0 fully saturated rings. The van der Waals surface area contributed by atoms with Gasteiger partial charge in [0.1, 0.15) is 11.6 Å². The first-order valence-electron chi connectivity index (χ1n) is 10.6. The van der Waals surface area contributed by atoms with E-state index in [0.29, 0.717) is 35.0 Å². The molecule has 0 bridgehead atoms. The van der Waals surface area contributed by atoms with E-state index in [1.807, 2.05) is 0 Å². The van der Waals surface area contributed by atoms with Crippen molar-refractivity contribution in [2.45, 2.75) is 6.17 Å². The fraction of sp³-hybridized carbons (Fsp3) is 0.167. The Labute approximate surface area is 220 Å². The number of benzene rings is 2. The standard InChI is InChI=1S/C24H19Cl3FN5O3/c1-36-7-6-29-21-15(10-13(28)11-30-21)23(34)33-22-24(35)31-18-5-3-2-4-14(18)20(32-22)19-16(26)8-12(25)9-17(19)27/h2-5,8-11,22H,6-7H2,1H3,(H,29,30)(H,31,35)(H,33,34). The Balaban J connectivity index is 1.75. The summed E-state index contributed by atoms with van der Waals surface area (Å²) < 4.78 is 18.9. The SMILES string of the molecule is COCCNc1ncc(F)cc1C(=O)NC1N=C(c2c(Cl)cc(Cl)cc2Cl)c2ccccc2NC1=O. The molecule has 1 unspecified atom stereocenters. The van der Waals surface area contributed by atoms with Crippen LogP contribution in [0.5, 0.6) is 0 Å². The Hall–Kier alpha value is -3.24. The number of hydrogen-bond acceptors (Lipinski definition) is 6. The zero-order valence-corrected chi connectivity index (χ0v) is 21.0. The summed E-state index contributed by atoms with van der Waals surface area (Å²) in [7, 11) is 1.52. The number of hydrogen-bond donors (Lipinski definition) is 3. The van der Waals surface area contributed by atoms with E-state index < -0.39 is 23.8 Å². The summed E-state index contributed by atoms with van der Waals surface area (Å²) in [6.07, 6.45) is -0.431. The van der Waals surface area contributed by atoms with Crippen molar-refractivity contribution in [1.82, 2.24) is 10.3 Å². The Morgan fingerprint density at radius 1 is 1.17 bits per heavy atom. The lowest BCUT2D eigenvalue weighted by atomic mass is 10.0. The summed E-state index contributed by atoms with van der Waals surface area (Å²) in [5, 5.41) is 8.93. The first-order chi connectivity index (χ1) is 17.3. The topological polar surface area (TPSA) is 105 Å². The van der Waals surface area contributed by atoms with Gasteiger partial charge in [0, 0.05) is 29.8 Å². The average Bonchev–Trinajstić information content (AvgIpc) is 2.96. The fourth-order valence-corrected chi connectivity index (χ4v) is 4.55. The third-order valence-corrected chi connectivity index (χ3v) is 5.97. The van der Waals surface area contributed by atoms with Crippen LogP contribution in [-0.2, 0) is 9.53 Å². The lowest BCUT2D eigenvalue weighted by molar-refractivity contribution is -0.117. The highest BCUT2D eigenvalue weighted by atomic mass is 35.5. The third-order valence-electron chi connectivity index (χ3n) is 5.16. The number of aliphatic imine (C=N–C) groups is 1. The number of carbonyl (C=O) groups excluding carboxylic acids is 2. The Bertz CT molecular complexity index is 1350. The number of pyridine rings is 1. The molecule has 0 spiro atoms. The van der Waals surface area contributed by atoms with Crippen molar-refractivity contribution in [2.75, 3.05) is 30.9 Å². The Kier molecular flexibility index (Phi) is 8.05. The number of nitrogens with one attached hydrogen (secondary N) is 3. The highest BCUT2D eigenvalue weighted by Crippen LogP contribution is 2.34. The van der Waals surface area contributed by atoms with Crippen LogP contribution in [0.15, 0.2) is 53.7 Å². The van der Waals surface area contributed by atoms with Crippen molar-refractivity contribution in [3.05, 3.63) is 86.2 Å². The molecule has 1 aromatic heterocycles. The van der Waals surface area contributed by atoms with Crippen molar-refractivity contribution in [3.63, 3.8) is 0 Å². The van der Waals surface area contributed by atoms with Crippen molar-refractivity contribution in [2.24, 2.45) is 4.99 Å². The molecule has 36 heavy (non-hydrogen) atoms. The summed E-state index contributed by atoms with van der Waals surface area (Å²) in [6.45, 7) is 0.657. The summed E-state index contributed by atoms with van der Waals surface area (Å²) >= 11 is 19.0. The van der Waals surface area contributed by atoms with Crippen molar-refractivity contribution in [3.8, 4) is 0 Å². The number of methoxy groups -OCH3 is 1. The minimum absolute atomic E-state index is 0.111. The highest BCUT2D eigenvalue weighted by Gasteiger charge is 2.30. The van der Waals surface area contributed by atoms with Crippen LogP contribution in [0, 0.1) is 5.82 Å². The van der Waals surface area contributed by atoms with Gasteiger partial charge >= 0.3 is 0 Å². The van der Waals surface area contributed by atoms with Gasteiger partial charge in [-0.2, -0.15) is 0 Å². The molecule has 3 N–H and O–H groups in total. The van der Waals surface area contributed by atoms with Gasteiger partial charge in [-0.15, -0.1) is 0 Å². The fourth-order valence-electron chi connectivity index (χ4n) is 3.55. The molecule has 2 aromatic carbocycles. The highest BCUT2D eigenvalue weighted by molar-refractivity contribution is 6.44. The third kappa shape index (κ3) is 5.60. The zero-order chi connectivity index (χ0) is 25.8. The molecule has 1 atom stereocenters. The van der Waals surface area contributed by atoms with Crippen LogP contribution in [-0.4, -0.2) is 48.9 Å². The second kappa shape index (κ2) is 11.2. The molecule has 0 aliphatic carbocycles. The number of rotatable bonds is 7. The second-order valence-electron chi connectivity index (χ2n) is 7.60. The lowest BCUT2D eigenvalue weighted by Gasteiger charge is -2.16. The first-order valence-corrected chi connectivity index (χ1v) is 11.7. The monoisotopic (exact) mass is 549 g/mol. The molecule has 0 saturated heterocycles. The molecule has 8 nitrogen and oxygen atoms in total. The zero-order valence-electron chi connectivity index (χ0n) is 18.7. The molecule has 186 valence electrons. The largest absolute Gasteiger partial charge is 0.383 e. The smallest absolute Gasteiger partial charge is 0.269 e. The molecule has 0 saturated carbocycles. The Morgan fingerprint density at radius 2 is 1.89 bits per heavy atom. The molecular weight excluding hydrogens is 532 g/mol. The van der Waals surface area contributed by atoms with Gasteiger partial charge in [0.05, 0.1) is 39.8 Å². The number of para-hydroxylation sites is 1. The van der Waals surface area contributed by atoms with Gasteiger partial charge in [-0.1, -0.05) is 53.0 Å². The van der Waals surface area contributed by atoms with E-state index in [9.17, 15) is 14.0 Å². The predicted octanol–water partition coefficient (Wildman–Crippen LogP) is 4.78. The number of anilines is 2. The molecule has 1 aliphatic rings. The summed E-state index contributed by atoms with van der Waals surface area (Å²) in [6, 6.07) is 10.9. The maximum Gasteiger partial charge on any atom is 0.269 e. The van der Waals surface area contributed by atoms with E-state index in [1.54, 1.807) is 24.3 Å².